The van der Waals surface area contributed by atoms with Gasteiger partial charge in [-0.3, -0.25) is 4.68 Å². The summed E-state index contributed by atoms with van der Waals surface area (Å²) >= 11 is 0. The SMILES string of the molecule is CCOC(=O)c1cnn(-c2ccc3c(c2)c(C#N)nn3CC(C)C)c1. The van der Waals surface area contributed by atoms with Crippen LogP contribution in [0.15, 0.2) is 30.6 Å². The second-order valence-corrected chi connectivity index (χ2v) is 6.13. The number of nitrogens with zero attached hydrogens (tertiary/aromatic N) is 5. The summed E-state index contributed by atoms with van der Waals surface area (Å²) in [6.45, 7) is 7.03. The second-order valence-electron chi connectivity index (χ2n) is 6.13. The molecule has 0 unspecified atom stereocenters. The number of fused-ring (bicyclic) bond motifs is 1. The van der Waals surface area contributed by atoms with Gasteiger partial charge in [-0.05, 0) is 31.0 Å². The van der Waals surface area contributed by atoms with Crippen molar-refractivity contribution in [3.8, 4) is 11.8 Å². The highest BCUT2D eigenvalue weighted by molar-refractivity contribution is 5.89. The first-order valence-corrected chi connectivity index (χ1v) is 8.16. The molecule has 0 aliphatic heterocycles. The zero-order valence-corrected chi connectivity index (χ0v) is 14.4. The Labute approximate surface area is 145 Å². The van der Waals surface area contributed by atoms with E-state index < -0.39 is 5.97 Å². The molecule has 0 saturated heterocycles. The minimum absolute atomic E-state index is 0.316. The average molecular weight is 337 g/mol. The van der Waals surface area contributed by atoms with E-state index in [9.17, 15) is 10.1 Å². The Morgan fingerprint density at radius 1 is 1.40 bits per heavy atom. The molecule has 0 aliphatic carbocycles. The number of benzene rings is 1. The predicted molar refractivity (Wildman–Crippen MR) is 92.4 cm³/mol. The Kier molecular flexibility index (Phi) is 4.52. The number of ether oxygens (including phenoxy) is 1. The van der Waals surface area contributed by atoms with E-state index in [1.165, 1.54) is 6.20 Å². The van der Waals surface area contributed by atoms with Crippen LogP contribution < -0.4 is 0 Å². The molecule has 0 fully saturated rings. The summed E-state index contributed by atoms with van der Waals surface area (Å²) in [4.78, 5) is 11.8. The van der Waals surface area contributed by atoms with Crippen molar-refractivity contribution < 1.29 is 9.53 Å². The number of hydrogen-bond donors (Lipinski definition) is 0. The van der Waals surface area contributed by atoms with Crippen LogP contribution in [0.2, 0.25) is 0 Å². The Balaban J connectivity index is 2.02. The lowest BCUT2D eigenvalue weighted by molar-refractivity contribution is 0.0526. The number of rotatable bonds is 5. The van der Waals surface area contributed by atoms with Gasteiger partial charge in [0.1, 0.15) is 6.07 Å². The van der Waals surface area contributed by atoms with E-state index in [0.29, 0.717) is 23.8 Å². The van der Waals surface area contributed by atoms with E-state index in [1.54, 1.807) is 17.8 Å². The van der Waals surface area contributed by atoms with Gasteiger partial charge in [0.25, 0.3) is 0 Å². The summed E-state index contributed by atoms with van der Waals surface area (Å²) < 4.78 is 8.42. The van der Waals surface area contributed by atoms with Crippen molar-refractivity contribution in [2.24, 2.45) is 5.92 Å². The van der Waals surface area contributed by atoms with E-state index in [4.69, 9.17) is 4.74 Å². The van der Waals surface area contributed by atoms with E-state index in [-0.39, 0.29) is 0 Å². The molecule has 0 aliphatic rings. The highest BCUT2D eigenvalue weighted by Crippen LogP contribution is 2.23. The smallest absolute Gasteiger partial charge is 0.341 e. The second kappa shape index (κ2) is 6.77. The largest absolute Gasteiger partial charge is 0.462 e. The molecule has 0 N–H and O–H groups in total. The molecule has 128 valence electrons. The van der Waals surface area contributed by atoms with Crippen LogP contribution in [0.5, 0.6) is 0 Å². The molecule has 0 amide bonds. The van der Waals surface area contributed by atoms with Gasteiger partial charge in [-0.2, -0.15) is 15.5 Å². The van der Waals surface area contributed by atoms with Crippen molar-refractivity contribution >= 4 is 16.9 Å². The van der Waals surface area contributed by atoms with Gasteiger partial charge in [0.15, 0.2) is 5.69 Å². The first kappa shape index (κ1) is 16.7. The van der Waals surface area contributed by atoms with Gasteiger partial charge in [-0.15, -0.1) is 0 Å². The fraction of sp³-hybridized carbons (Fsp3) is 0.333. The van der Waals surface area contributed by atoms with Gasteiger partial charge >= 0.3 is 5.97 Å². The quantitative estimate of drug-likeness (QED) is 0.668. The van der Waals surface area contributed by atoms with Crippen LogP contribution in [0.1, 0.15) is 36.8 Å². The minimum atomic E-state index is -0.405. The van der Waals surface area contributed by atoms with Crippen molar-refractivity contribution in [3.63, 3.8) is 0 Å². The number of carbonyl (C=O) groups excluding carboxylic acids is 1. The average Bonchev–Trinajstić information content (AvgIpc) is 3.19. The van der Waals surface area contributed by atoms with E-state index >= 15 is 0 Å². The van der Waals surface area contributed by atoms with Crippen molar-refractivity contribution in [2.45, 2.75) is 27.3 Å². The van der Waals surface area contributed by atoms with Crippen molar-refractivity contribution in [1.29, 1.82) is 5.26 Å². The summed E-state index contributed by atoms with van der Waals surface area (Å²) in [6.07, 6.45) is 3.08. The number of hydrogen-bond acceptors (Lipinski definition) is 5. The number of carbonyl (C=O) groups is 1. The van der Waals surface area contributed by atoms with Gasteiger partial charge in [0.05, 0.1) is 29.6 Å². The molecule has 0 atom stereocenters. The molecule has 2 aromatic heterocycles. The summed E-state index contributed by atoms with van der Waals surface area (Å²) in [5.74, 6) is 0.0184. The Morgan fingerprint density at radius 3 is 2.88 bits per heavy atom. The highest BCUT2D eigenvalue weighted by atomic mass is 16.5. The minimum Gasteiger partial charge on any atom is -0.462 e. The van der Waals surface area contributed by atoms with Gasteiger partial charge in [-0.25, -0.2) is 9.48 Å². The van der Waals surface area contributed by atoms with Crippen LogP contribution in [0.25, 0.3) is 16.6 Å². The molecular weight excluding hydrogens is 318 g/mol. The standard InChI is InChI=1S/C18H19N5O2/c1-4-25-18(24)13-9-20-22(11-13)14-5-6-17-15(7-14)16(8-19)21-23(17)10-12(2)3/h5-7,9,11-12H,4,10H2,1-3H3. The molecule has 25 heavy (non-hydrogen) atoms. The van der Waals surface area contributed by atoms with E-state index in [2.05, 4.69) is 30.1 Å². The van der Waals surface area contributed by atoms with Crippen LogP contribution in [0, 0.1) is 17.2 Å². The fourth-order valence-electron chi connectivity index (χ4n) is 2.66. The Morgan fingerprint density at radius 2 is 2.20 bits per heavy atom. The summed E-state index contributed by atoms with van der Waals surface area (Å²) in [7, 11) is 0. The van der Waals surface area contributed by atoms with E-state index in [1.807, 2.05) is 22.9 Å². The molecule has 7 heteroatoms. The molecule has 2 heterocycles. The van der Waals surface area contributed by atoms with Crippen LogP contribution in [-0.2, 0) is 11.3 Å². The highest BCUT2D eigenvalue weighted by Gasteiger charge is 2.14. The molecule has 0 spiro atoms. The Bertz CT molecular complexity index is 962. The number of aromatic nitrogens is 4. The predicted octanol–water partition coefficient (Wildman–Crippen LogP) is 2.93. The van der Waals surface area contributed by atoms with Crippen molar-refractivity contribution in [2.75, 3.05) is 6.61 Å². The van der Waals surface area contributed by atoms with Crippen LogP contribution in [0.4, 0.5) is 0 Å². The lowest BCUT2D eigenvalue weighted by atomic mass is 10.2. The normalized spacial score (nSPS) is 11.0. The molecule has 3 aromatic rings. The van der Waals surface area contributed by atoms with Gasteiger partial charge in [0.2, 0.25) is 0 Å². The zero-order chi connectivity index (χ0) is 18.0. The monoisotopic (exact) mass is 337 g/mol. The maximum absolute atomic E-state index is 11.8. The lowest BCUT2D eigenvalue weighted by Gasteiger charge is -2.07. The summed E-state index contributed by atoms with van der Waals surface area (Å²) in [5.41, 5.74) is 2.43. The molecule has 7 nitrogen and oxygen atoms in total. The van der Waals surface area contributed by atoms with Crippen molar-refractivity contribution in [1.82, 2.24) is 19.6 Å². The Hall–Kier alpha value is -3.14. The lowest BCUT2D eigenvalue weighted by Crippen LogP contribution is -2.06. The van der Waals surface area contributed by atoms with E-state index in [0.717, 1.165) is 23.1 Å². The van der Waals surface area contributed by atoms with Crippen LogP contribution in [0.3, 0.4) is 0 Å². The maximum Gasteiger partial charge on any atom is 0.341 e. The summed E-state index contributed by atoms with van der Waals surface area (Å²) in [5, 5.41) is 18.7. The fourth-order valence-corrected chi connectivity index (χ4v) is 2.66. The maximum atomic E-state index is 11.8. The number of nitriles is 1. The third-order valence-electron chi connectivity index (χ3n) is 3.74. The van der Waals surface area contributed by atoms with Gasteiger partial charge in [0, 0.05) is 18.1 Å². The molecule has 0 bridgehead atoms. The molecule has 0 saturated carbocycles. The van der Waals surface area contributed by atoms with Crippen LogP contribution >= 0.6 is 0 Å². The molecular formula is C18H19N5O2. The van der Waals surface area contributed by atoms with Crippen LogP contribution in [-0.4, -0.2) is 32.1 Å². The van der Waals surface area contributed by atoms with Gasteiger partial charge in [-0.1, -0.05) is 13.8 Å². The molecule has 0 radical (unpaired) electrons. The zero-order valence-electron chi connectivity index (χ0n) is 14.4. The van der Waals surface area contributed by atoms with Gasteiger partial charge < -0.3 is 4.74 Å². The third-order valence-corrected chi connectivity index (χ3v) is 3.74. The first-order chi connectivity index (χ1) is 12.0. The molecule has 1 aromatic carbocycles. The number of esters is 1. The third kappa shape index (κ3) is 3.24. The first-order valence-electron chi connectivity index (χ1n) is 8.16. The summed E-state index contributed by atoms with van der Waals surface area (Å²) in [6, 6.07) is 7.82. The topological polar surface area (TPSA) is 85.7 Å². The molecule has 3 rings (SSSR count). The van der Waals surface area contributed by atoms with Crippen molar-refractivity contribution in [3.05, 3.63) is 41.9 Å².